The number of halogens is 3. The summed E-state index contributed by atoms with van der Waals surface area (Å²) in [5.41, 5.74) is 3.47. The molecule has 1 N–H and O–H groups in total. The van der Waals surface area contributed by atoms with Gasteiger partial charge in [-0.1, -0.05) is 17.7 Å². The molecule has 184 valence electrons. The van der Waals surface area contributed by atoms with Crippen LogP contribution in [0.4, 0.5) is 24.7 Å². The minimum Gasteiger partial charge on any atom is -0.340 e. The maximum Gasteiger partial charge on any atom is 0.260 e. The summed E-state index contributed by atoms with van der Waals surface area (Å²) in [5, 5.41) is 3.45. The zero-order valence-electron chi connectivity index (χ0n) is 19.6. The van der Waals surface area contributed by atoms with Crippen LogP contribution in [0.2, 0.25) is 0 Å². The molecule has 0 bridgehead atoms. The molecule has 0 spiro atoms. The Kier molecular flexibility index (Phi) is 6.27. The topological polar surface area (TPSA) is 53.4 Å². The number of anilines is 2. The molecule has 0 atom stereocenters. The van der Waals surface area contributed by atoms with Gasteiger partial charge in [-0.15, -0.1) is 0 Å². The van der Waals surface area contributed by atoms with E-state index in [-0.39, 0.29) is 37.8 Å². The Morgan fingerprint density at radius 1 is 1.06 bits per heavy atom. The van der Waals surface area contributed by atoms with E-state index in [0.29, 0.717) is 37.6 Å². The molecule has 0 saturated carbocycles. The highest BCUT2D eigenvalue weighted by Crippen LogP contribution is 2.33. The lowest BCUT2D eigenvalue weighted by Crippen LogP contribution is -2.49. The first kappa shape index (κ1) is 23.4. The molecule has 1 amide bonds. The lowest BCUT2D eigenvalue weighted by atomic mass is 10.1. The number of hydrogen-bond donors (Lipinski definition) is 1. The van der Waals surface area contributed by atoms with E-state index in [1.165, 1.54) is 12.1 Å². The largest absolute Gasteiger partial charge is 0.340 e. The molecule has 0 unspecified atom stereocenters. The van der Waals surface area contributed by atoms with Crippen LogP contribution in [0.1, 0.15) is 24.2 Å². The number of amides is 1. The average Bonchev–Trinajstić information content (AvgIpc) is 3.18. The predicted molar refractivity (Wildman–Crippen MR) is 128 cm³/mol. The average molecular weight is 484 g/mol. The third-order valence-electron chi connectivity index (χ3n) is 6.59. The Morgan fingerprint density at radius 3 is 2.51 bits per heavy atom. The Hall–Kier alpha value is -3.33. The van der Waals surface area contributed by atoms with Crippen molar-refractivity contribution in [3.8, 4) is 11.3 Å². The minimum atomic E-state index is -2.74. The smallest absolute Gasteiger partial charge is 0.260 e. The van der Waals surface area contributed by atoms with Crippen molar-refractivity contribution in [2.24, 2.45) is 0 Å². The number of carbonyl (C=O) groups excluding carboxylic acids is 1. The number of nitrogens with one attached hydrogen (secondary N) is 1. The van der Waals surface area contributed by atoms with Crippen LogP contribution in [0.5, 0.6) is 0 Å². The maximum absolute atomic E-state index is 13.8. The maximum atomic E-state index is 13.8. The van der Waals surface area contributed by atoms with Crippen molar-refractivity contribution >= 4 is 17.4 Å². The fourth-order valence-electron chi connectivity index (χ4n) is 4.73. The van der Waals surface area contributed by atoms with Gasteiger partial charge in [0.25, 0.3) is 5.92 Å². The number of alkyl halides is 2. The van der Waals surface area contributed by atoms with Gasteiger partial charge < -0.3 is 14.8 Å². The Morgan fingerprint density at radius 2 is 1.80 bits per heavy atom. The third kappa shape index (κ3) is 5.19. The molecule has 2 aliphatic rings. The molecule has 2 aliphatic heterocycles. The van der Waals surface area contributed by atoms with E-state index in [9.17, 15) is 18.0 Å². The Balaban J connectivity index is 1.39. The minimum absolute atomic E-state index is 0.0183. The fourth-order valence-corrected chi connectivity index (χ4v) is 4.73. The van der Waals surface area contributed by atoms with E-state index in [0.717, 1.165) is 22.6 Å². The van der Waals surface area contributed by atoms with E-state index in [4.69, 9.17) is 4.98 Å². The molecule has 0 radical (unpaired) electrons. The summed E-state index contributed by atoms with van der Waals surface area (Å²) in [4.78, 5) is 21.0. The number of aromatic nitrogens is 2. The molecule has 9 heteroatoms. The van der Waals surface area contributed by atoms with Crippen LogP contribution < -0.4 is 5.32 Å². The lowest BCUT2D eigenvalue weighted by molar-refractivity contribution is -0.136. The number of aryl methyl sites for hydroxylation is 1. The monoisotopic (exact) mass is 483 g/mol. The standard InChI is InChI=1S/C26H28F3N5O/c1-18-3-9-21(10-4-18)30-25-24(19-5-7-20(27)8-6-19)31-22-15-33(13-14-34(22)25)23(35)16-32-12-2-11-26(28,29)17-32/h3-10,30H,2,11-17H2,1H3. The van der Waals surface area contributed by atoms with E-state index >= 15 is 0 Å². The van der Waals surface area contributed by atoms with E-state index in [1.807, 2.05) is 35.8 Å². The van der Waals surface area contributed by atoms with Gasteiger partial charge in [-0.2, -0.15) is 0 Å². The first-order valence-corrected chi connectivity index (χ1v) is 11.8. The van der Waals surface area contributed by atoms with Crippen molar-refractivity contribution < 1.29 is 18.0 Å². The number of fused-ring (bicyclic) bond motifs is 1. The number of nitrogens with zero attached hydrogens (tertiary/aromatic N) is 4. The highest BCUT2D eigenvalue weighted by atomic mass is 19.3. The molecule has 1 aromatic heterocycles. The van der Waals surface area contributed by atoms with Crippen LogP contribution in [0, 0.1) is 12.7 Å². The second-order valence-electron chi connectivity index (χ2n) is 9.36. The van der Waals surface area contributed by atoms with Crippen molar-refractivity contribution in [3.63, 3.8) is 0 Å². The SMILES string of the molecule is Cc1ccc(Nc2c(-c3ccc(F)cc3)nc3n2CCN(C(=O)CN2CCCC(F)(F)C2)C3)cc1. The molecule has 3 aromatic rings. The van der Waals surface area contributed by atoms with Gasteiger partial charge in [0.2, 0.25) is 5.91 Å². The third-order valence-corrected chi connectivity index (χ3v) is 6.59. The number of carbonyl (C=O) groups is 1. The summed E-state index contributed by atoms with van der Waals surface area (Å²) in [6.07, 6.45) is 0.265. The highest BCUT2D eigenvalue weighted by molar-refractivity contribution is 5.79. The van der Waals surface area contributed by atoms with Gasteiger partial charge in [0.15, 0.2) is 0 Å². The molecule has 2 aromatic carbocycles. The molecule has 6 nitrogen and oxygen atoms in total. The number of benzene rings is 2. The van der Waals surface area contributed by atoms with Crippen molar-refractivity contribution in [1.29, 1.82) is 0 Å². The van der Waals surface area contributed by atoms with Gasteiger partial charge in [0, 0.05) is 30.8 Å². The summed E-state index contributed by atoms with van der Waals surface area (Å²) in [7, 11) is 0. The van der Waals surface area contributed by atoms with Crippen molar-refractivity contribution in [3.05, 3.63) is 65.7 Å². The summed E-state index contributed by atoms with van der Waals surface area (Å²) in [6.45, 7) is 3.38. The van der Waals surface area contributed by atoms with Gasteiger partial charge in [0.1, 0.15) is 23.2 Å². The second kappa shape index (κ2) is 9.37. The molecule has 5 rings (SSSR count). The van der Waals surface area contributed by atoms with Gasteiger partial charge in [-0.3, -0.25) is 9.69 Å². The molecule has 3 heterocycles. The van der Waals surface area contributed by atoms with Gasteiger partial charge in [-0.25, -0.2) is 18.2 Å². The number of rotatable bonds is 5. The molecular weight excluding hydrogens is 455 g/mol. The van der Waals surface area contributed by atoms with Gasteiger partial charge >= 0.3 is 0 Å². The van der Waals surface area contributed by atoms with Crippen LogP contribution in [-0.4, -0.2) is 57.4 Å². The molecule has 1 fully saturated rings. The predicted octanol–water partition coefficient (Wildman–Crippen LogP) is 4.81. The first-order chi connectivity index (χ1) is 16.8. The van der Waals surface area contributed by atoms with E-state index < -0.39 is 5.92 Å². The second-order valence-corrected chi connectivity index (χ2v) is 9.36. The van der Waals surface area contributed by atoms with Crippen LogP contribution in [0.25, 0.3) is 11.3 Å². The number of piperidine rings is 1. The zero-order valence-corrected chi connectivity index (χ0v) is 19.6. The van der Waals surface area contributed by atoms with Crippen LogP contribution in [0.15, 0.2) is 48.5 Å². The number of likely N-dealkylation sites (tertiary alicyclic amines) is 1. The number of imidazole rings is 1. The summed E-state index contributed by atoms with van der Waals surface area (Å²) >= 11 is 0. The molecule has 35 heavy (non-hydrogen) atoms. The van der Waals surface area contributed by atoms with Crippen LogP contribution in [0.3, 0.4) is 0 Å². The summed E-state index contributed by atoms with van der Waals surface area (Å²) in [6, 6.07) is 14.2. The van der Waals surface area contributed by atoms with Crippen molar-refractivity contribution in [1.82, 2.24) is 19.4 Å². The Labute approximate surface area is 202 Å². The lowest BCUT2D eigenvalue weighted by Gasteiger charge is -2.34. The summed E-state index contributed by atoms with van der Waals surface area (Å²) < 4.78 is 43.1. The van der Waals surface area contributed by atoms with Crippen LogP contribution in [-0.2, 0) is 17.9 Å². The normalized spacial score (nSPS) is 17.8. The molecular formula is C26H28F3N5O. The zero-order chi connectivity index (χ0) is 24.6. The van der Waals surface area contributed by atoms with Crippen LogP contribution >= 0.6 is 0 Å². The molecule has 1 saturated heterocycles. The summed E-state index contributed by atoms with van der Waals surface area (Å²) in [5.74, 6) is -1.77. The fraction of sp³-hybridized carbons (Fsp3) is 0.385. The highest BCUT2D eigenvalue weighted by Gasteiger charge is 2.36. The molecule has 0 aliphatic carbocycles. The quantitative estimate of drug-likeness (QED) is 0.566. The van der Waals surface area contributed by atoms with Crippen molar-refractivity contribution in [2.75, 3.05) is 31.5 Å². The van der Waals surface area contributed by atoms with E-state index in [2.05, 4.69) is 5.32 Å². The van der Waals surface area contributed by atoms with Gasteiger partial charge in [-0.05, 0) is 56.3 Å². The van der Waals surface area contributed by atoms with Crippen molar-refractivity contribution in [2.45, 2.75) is 38.8 Å². The number of hydrogen-bond acceptors (Lipinski definition) is 4. The van der Waals surface area contributed by atoms with E-state index in [1.54, 1.807) is 21.9 Å². The first-order valence-electron chi connectivity index (χ1n) is 11.8. The Bertz CT molecular complexity index is 1210. The van der Waals surface area contributed by atoms with Gasteiger partial charge in [0.05, 0.1) is 19.6 Å².